The molecule has 2 N–H and O–H groups in total. The molecule has 0 spiro atoms. The number of piperidine rings is 1. The number of para-hydroxylation sites is 1. The van der Waals surface area contributed by atoms with Gasteiger partial charge in [-0.25, -0.2) is 4.98 Å². The van der Waals surface area contributed by atoms with Crippen molar-refractivity contribution in [1.29, 1.82) is 0 Å². The van der Waals surface area contributed by atoms with Crippen LogP contribution in [0.4, 0.5) is 5.82 Å². The number of hydrogen-bond donors (Lipinski definition) is 2. The quantitative estimate of drug-likeness (QED) is 0.542. The van der Waals surface area contributed by atoms with Crippen LogP contribution < -0.4 is 20.9 Å². The van der Waals surface area contributed by atoms with Gasteiger partial charge in [0.25, 0.3) is 11.5 Å². The molecule has 184 valence electrons. The van der Waals surface area contributed by atoms with Crippen molar-refractivity contribution >= 4 is 46.6 Å². The van der Waals surface area contributed by atoms with E-state index in [-0.39, 0.29) is 30.5 Å². The number of rotatable bonds is 5. The fourth-order valence-corrected chi connectivity index (χ4v) is 5.60. The summed E-state index contributed by atoms with van der Waals surface area (Å²) >= 11 is 6.39. The number of fused-ring (bicyclic) bond motifs is 1. The number of ether oxygens (including phenoxy) is 1. The van der Waals surface area contributed by atoms with E-state index < -0.39 is 0 Å². The molecule has 1 fully saturated rings. The summed E-state index contributed by atoms with van der Waals surface area (Å²) in [5.41, 5.74) is 3.19. The summed E-state index contributed by atoms with van der Waals surface area (Å²) in [6, 6.07) is 12.1. The number of carbonyl (C=O) groups excluding carboxylic acids is 1. The molecule has 1 aromatic carbocycles. The smallest absolute Gasteiger partial charge is 0.263 e. The molecule has 2 aromatic heterocycles. The second-order valence-corrected chi connectivity index (χ2v) is 9.73. The second-order valence-electron chi connectivity index (χ2n) is 9.32. The Morgan fingerprint density at radius 1 is 1.17 bits per heavy atom. The Hall–Kier alpha value is -2.65. The third-order valence-electron chi connectivity index (χ3n) is 7.14. The van der Waals surface area contributed by atoms with E-state index in [0.717, 1.165) is 49.9 Å². The Kier molecular flexibility index (Phi) is 6.72. The third-order valence-corrected chi connectivity index (χ3v) is 7.46. The van der Waals surface area contributed by atoms with Crippen LogP contribution in [0.5, 0.6) is 5.75 Å². The number of amides is 1. The summed E-state index contributed by atoms with van der Waals surface area (Å²) in [6.07, 6.45) is 2.07. The first-order valence-corrected chi connectivity index (χ1v) is 12.1. The van der Waals surface area contributed by atoms with Gasteiger partial charge in [-0.1, -0.05) is 29.8 Å². The van der Waals surface area contributed by atoms with Crippen LogP contribution in [0.15, 0.2) is 41.2 Å². The number of anilines is 1. The standard InChI is InChI=1S/C25H26ClN5O3.ClH/c26-19-10-21-25(29-22(32)14-34-21)28-20(19)11-27-17-6-8-30(9-7-17)12-16-13-31-23(33)5-4-15-2-1-3-18(16)24(15)31;/h1-5,10,16-17,27H,6-9,11-14H2,(H,28,29,32);1H. The average Bonchev–Trinajstić information content (AvgIpc) is 3.21. The van der Waals surface area contributed by atoms with Crippen molar-refractivity contribution < 1.29 is 9.53 Å². The molecule has 10 heteroatoms. The number of halogens is 2. The van der Waals surface area contributed by atoms with Crippen molar-refractivity contribution in [3.05, 3.63) is 63.0 Å². The maximum absolute atomic E-state index is 12.4. The van der Waals surface area contributed by atoms with Gasteiger partial charge in [-0.2, -0.15) is 0 Å². The van der Waals surface area contributed by atoms with E-state index >= 15 is 0 Å². The lowest BCUT2D eigenvalue weighted by molar-refractivity contribution is -0.118. The van der Waals surface area contributed by atoms with Gasteiger partial charge in [0.2, 0.25) is 0 Å². The Bertz CT molecular complexity index is 1340. The largest absolute Gasteiger partial charge is 0.480 e. The van der Waals surface area contributed by atoms with Gasteiger partial charge in [0.1, 0.15) is 0 Å². The Balaban J connectivity index is 0.00000253. The molecule has 1 saturated heterocycles. The summed E-state index contributed by atoms with van der Waals surface area (Å²) in [5, 5.41) is 7.98. The van der Waals surface area contributed by atoms with Crippen LogP contribution >= 0.6 is 24.0 Å². The molecule has 3 aromatic rings. The zero-order chi connectivity index (χ0) is 23.2. The molecule has 8 nitrogen and oxygen atoms in total. The predicted molar refractivity (Wildman–Crippen MR) is 138 cm³/mol. The summed E-state index contributed by atoms with van der Waals surface area (Å²) in [7, 11) is 0. The summed E-state index contributed by atoms with van der Waals surface area (Å²) in [4.78, 5) is 31.0. The maximum Gasteiger partial charge on any atom is 0.263 e. The third kappa shape index (κ3) is 4.63. The molecule has 0 aliphatic carbocycles. The highest BCUT2D eigenvalue weighted by Crippen LogP contribution is 2.34. The Morgan fingerprint density at radius 3 is 2.83 bits per heavy atom. The molecule has 0 saturated carbocycles. The molecule has 6 rings (SSSR count). The summed E-state index contributed by atoms with van der Waals surface area (Å²) in [5.74, 6) is 1.08. The van der Waals surface area contributed by atoms with E-state index in [2.05, 4.69) is 38.7 Å². The number of nitrogens with zero attached hydrogens (tertiary/aromatic N) is 3. The fourth-order valence-electron chi connectivity index (χ4n) is 5.39. The first-order chi connectivity index (χ1) is 16.5. The molecule has 35 heavy (non-hydrogen) atoms. The number of likely N-dealkylation sites (tertiary alicyclic amines) is 1. The van der Waals surface area contributed by atoms with Gasteiger partial charge < -0.3 is 24.8 Å². The lowest BCUT2D eigenvalue weighted by atomic mass is 9.97. The van der Waals surface area contributed by atoms with E-state index in [4.69, 9.17) is 16.3 Å². The highest BCUT2D eigenvalue weighted by atomic mass is 35.5. The minimum absolute atomic E-state index is 0. The highest BCUT2D eigenvalue weighted by Gasteiger charge is 2.29. The number of benzene rings is 1. The average molecular weight is 516 g/mol. The normalized spacial score (nSPS) is 19.7. The zero-order valence-corrected chi connectivity index (χ0v) is 20.7. The first-order valence-electron chi connectivity index (χ1n) is 11.8. The fraction of sp³-hybridized carbons (Fsp3) is 0.400. The summed E-state index contributed by atoms with van der Waals surface area (Å²) in [6.45, 7) is 4.26. The van der Waals surface area contributed by atoms with E-state index in [9.17, 15) is 9.59 Å². The van der Waals surface area contributed by atoms with Gasteiger partial charge in [-0.05, 0) is 42.9 Å². The van der Waals surface area contributed by atoms with E-state index in [1.54, 1.807) is 12.1 Å². The van der Waals surface area contributed by atoms with Crippen molar-refractivity contribution in [2.45, 2.75) is 37.9 Å². The van der Waals surface area contributed by atoms with Crippen LogP contribution in [0.3, 0.4) is 0 Å². The van der Waals surface area contributed by atoms with E-state index in [1.165, 1.54) is 5.56 Å². The molecule has 0 bridgehead atoms. The summed E-state index contributed by atoms with van der Waals surface area (Å²) < 4.78 is 7.31. The molecule has 3 aliphatic rings. The van der Waals surface area contributed by atoms with Gasteiger partial charge in [0, 0.05) is 43.7 Å². The molecular weight excluding hydrogens is 489 g/mol. The number of hydrogen-bond acceptors (Lipinski definition) is 6. The number of aromatic nitrogens is 2. The monoisotopic (exact) mass is 515 g/mol. The van der Waals surface area contributed by atoms with Gasteiger partial charge >= 0.3 is 0 Å². The molecule has 5 heterocycles. The predicted octanol–water partition coefficient (Wildman–Crippen LogP) is 3.15. The van der Waals surface area contributed by atoms with Crippen LogP contribution in [0, 0.1) is 0 Å². The maximum atomic E-state index is 12.4. The number of carbonyl (C=O) groups is 1. The van der Waals surface area contributed by atoms with Crippen molar-refractivity contribution in [2.24, 2.45) is 0 Å². The Labute approximate surface area is 214 Å². The Morgan fingerprint density at radius 2 is 2.00 bits per heavy atom. The van der Waals surface area contributed by atoms with Crippen LogP contribution in [-0.4, -0.2) is 52.6 Å². The van der Waals surface area contributed by atoms with E-state index in [0.29, 0.717) is 40.8 Å². The minimum atomic E-state index is -0.208. The van der Waals surface area contributed by atoms with Crippen molar-refractivity contribution in [2.75, 3.05) is 31.6 Å². The number of nitrogens with one attached hydrogen (secondary N) is 2. The van der Waals surface area contributed by atoms with Crippen molar-refractivity contribution in [3.8, 4) is 5.75 Å². The van der Waals surface area contributed by atoms with Crippen molar-refractivity contribution in [3.63, 3.8) is 0 Å². The molecule has 1 amide bonds. The van der Waals surface area contributed by atoms with Crippen LogP contribution in [-0.2, 0) is 17.9 Å². The van der Waals surface area contributed by atoms with Gasteiger partial charge in [0.15, 0.2) is 18.2 Å². The molecule has 3 aliphatic heterocycles. The molecule has 1 atom stereocenters. The van der Waals surface area contributed by atoms with Gasteiger partial charge in [0.05, 0.1) is 16.2 Å². The first kappa shape index (κ1) is 24.1. The SMILES string of the molecule is Cl.O=C1COc2cc(Cl)c(CNC3CCN(CC4Cn5c(=O)ccc6cccc4c65)CC3)nc2N1. The van der Waals surface area contributed by atoms with Crippen molar-refractivity contribution in [1.82, 2.24) is 19.8 Å². The van der Waals surface area contributed by atoms with Crippen LogP contribution in [0.2, 0.25) is 5.02 Å². The second kappa shape index (κ2) is 9.78. The molecule has 0 radical (unpaired) electrons. The molecular formula is C25H27Cl2N5O3. The lowest BCUT2D eigenvalue weighted by Gasteiger charge is -2.34. The molecule has 1 unspecified atom stereocenters. The minimum Gasteiger partial charge on any atom is -0.480 e. The van der Waals surface area contributed by atoms with Crippen LogP contribution in [0.1, 0.15) is 30.0 Å². The lowest BCUT2D eigenvalue weighted by Crippen LogP contribution is -2.43. The highest BCUT2D eigenvalue weighted by molar-refractivity contribution is 6.31. The zero-order valence-electron chi connectivity index (χ0n) is 19.1. The number of pyridine rings is 2. The van der Waals surface area contributed by atoms with E-state index in [1.807, 2.05) is 10.6 Å². The van der Waals surface area contributed by atoms with Crippen LogP contribution in [0.25, 0.3) is 10.9 Å². The topological polar surface area (TPSA) is 88.5 Å². The van der Waals surface area contributed by atoms with Gasteiger partial charge in [-0.3, -0.25) is 9.59 Å². The van der Waals surface area contributed by atoms with Gasteiger partial charge in [-0.15, -0.1) is 12.4 Å².